The first-order valence-corrected chi connectivity index (χ1v) is 13.7. The number of nitrogens with zero attached hydrogens (tertiary/aromatic N) is 3. The molecule has 1 saturated heterocycles. The van der Waals surface area contributed by atoms with Crippen LogP contribution in [0.4, 0.5) is 0 Å². The maximum absolute atomic E-state index is 12.7. The number of nitriles is 1. The van der Waals surface area contributed by atoms with Crippen LogP contribution in [0.3, 0.4) is 0 Å². The number of rotatable bonds is 14. The lowest BCUT2D eigenvalue weighted by atomic mass is 10.1. The van der Waals surface area contributed by atoms with E-state index in [1.165, 1.54) is 17.7 Å². The van der Waals surface area contributed by atoms with Crippen LogP contribution in [0.1, 0.15) is 66.2 Å². The Morgan fingerprint density at radius 3 is 2.51 bits per heavy atom. The lowest BCUT2D eigenvalue weighted by molar-refractivity contribution is -0.119. The molecule has 1 aliphatic rings. The highest BCUT2D eigenvalue weighted by Crippen LogP contribution is 2.50. The van der Waals surface area contributed by atoms with Crippen molar-refractivity contribution in [2.45, 2.75) is 97.9 Å². The molecule has 0 bridgehead atoms. The SMILES string of the molecule is CC[C@H]1O[C@@H](n2cc(C)c(=O)[nH]c2=O)[C@H](OCCNC(C)=O)[C@@H]1OP(OCCC#N)N(C(C)C)C(C)C. The number of aromatic amines is 1. The molecule has 2 rings (SSSR count). The molecule has 0 radical (unpaired) electrons. The summed E-state index contributed by atoms with van der Waals surface area (Å²) < 4.78 is 28.6. The number of H-pyrrole nitrogens is 1. The van der Waals surface area contributed by atoms with Crippen molar-refractivity contribution in [2.75, 3.05) is 19.8 Å². The van der Waals surface area contributed by atoms with Gasteiger partial charge in [0.25, 0.3) is 14.1 Å². The van der Waals surface area contributed by atoms with Crippen molar-refractivity contribution in [1.82, 2.24) is 19.5 Å². The molecule has 37 heavy (non-hydrogen) atoms. The Labute approximate surface area is 219 Å². The highest BCUT2D eigenvalue weighted by atomic mass is 31.2. The number of amides is 1. The summed E-state index contributed by atoms with van der Waals surface area (Å²) in [6, 6.07) is 2.28. The predicted octanol–water partition coefficient (Wildman–Crippen LogP) is 2.33. The summed E-state index contributed by atoms with van der Waals surface area (Å²) in [5, 5.41) is 11.7. The van der Waals surface area contributed by atoms with E-state index in [1.807, 2.05) is 34.6 Å². The standard InChI is InChI=1S/C24H40N5O7P/c1-8-19-20(36-37(34-12-9-10-25)29(15(2)3)16(4)5)21(33-13-11-26-18(7)30)23(35-19)28-14-17(6)22(31)27-24(28)32/h14-16,19-21,23H,8-9,11-13H2,1-7H3,(H,26,30)(H,27,31,32)/t19-,20-,21-,23-,37?/m1/s1. The summed E-state index contributed by atoms with van der Waals surface area (Å²) in [7, 11) is -1.61. The molecule has 1 aromatic rings. The number of nitrogens with one attached hydrogen (secondary N) is 2. The monoisotopic (exact) mass is 541 g/mol. The second kappa shape index (κ2) is 14.7. The van der Waals surface area contributed by atoms with Gasteiger partial charge in [-0.1, -0.05) is 6.92 Å². The molecular weight excluding hydrogens is 501 g/mol. The Bertz CT molecular complexity index is 1030. The fourth-order valence-electron chi connectivity index (χ4n) is 4.16. The lowest BCUT2D eigenvalue weighted by Crippen LogP contribution is -2.42. The second-order valence-corrected chi connectivity index (χ2v) is 10.8. The van der Waals surface area contributed by atoms with Gasteiger partial charge in [-0.25, -0.2) is 9.46 Å². The van der Waals surface area contributed by atoms with Crippen LogP contribution in [-0.4, -0.2) is 70.3 Å². The van der Waals surface area contributed by atoms with Crippen LogP contribution in [0.5, 0.6) is 0 Å². The number of aromatic nitrogens is 2. The van der Waals surface area contributed by atoms with E-state index in [4.69, 9.17) is 23.8 Å². The third-order valence-electron chi connectivity index (χ3n) is 5.77. The lowest BCUT2D eigenvalue weighted by Gasteiger charge is -2.38. The van der Waals surface area contributed by atoms with Crippen molar-refractivity contribution in [3.63, 3.8) is 0 Å². The van der Waals surface area contributed by atoms with Gasteiger partial charge in [0.2, 0.25) is 5.91 Å². The minimum atomic E-state index is -1.61. The summed E-state index contributed by atoms with van der Waals surface area (Å²) in [5.74, 6) is -0.187. The first kappa shape index (κ1) is 31.1. The Balaban J connectivity index is 2.46. The molecule has 0 aliphatic carbocycles. The van der Waals surface area contributed by atoms with Gasteiger partial charge < -0.3 is 23.8 Å². The largest absolute Gasteiger partial charge is 0.369 e. The van der Waals surface area contributed by atoms with Crippen LogP contribution in [0.2, 0.25) is 0 Å². The molecule has 1 unspecified atom stereocenters. The van der Waals surface area contributed by atoms with Crippen molar-refractivity contribution in [3.05, 3.63) is 32.6 Å². The van der Waals surface area contributed by atoms with E-state index in [0.29, 0.717) is 12.0 Å². The minimum absolute atomic E-state index is 0.0926. The average molecular weight is 542 g/mol. The zero-order valence-corrected chi connectivity index (χ0v) is 23.6. The van der Waals surface area contributed by atoms with E-state index in [0.717, 1.165) is 0 Å². The van der Waals surface area contributed by atoms with Crippen molar-refractivity contribution in [3.8, 4) is 6.07 Å². The minimum Gasteiger partial charge on any atom is -0.369 e. The summed E-state index contributed by atoms with van der Waals surface area (Å²) in [6.07, 6.45) is -0.457. The molecule has 0 spiro atoms. The van der Waals surface area contributed by atoms with Gasteiger partial charge >= 0.3 is 5.69 Å². The molecule has 1 fully saturated rings. The number of carbonyl (C=O) groups excluding carboxylic acids is 1. The molecular formula is C24H40N5O7P. The van der Waals surface area contributed by atoms with Crippen molar-refractivity contribution in [1.29, 1.82) is 5.26 Å². The third kappa shape index (κ3) is 8.43. The van der Waals surface area contributed by atoms with Crippen molar-refractivity contribution >= 4 is 14.4 Å². The van der Waals surface area contributed by atoms with Crippen LogP contribution < -0.4 is 16.6 Å². The van der Waals surface area contributed by atoms with Gasteiger partial charge in [-0.05, 0) is 41.0 Å². The van der Waals surface area contributed by atoms with Crippen LogP contribution in [-0.2, 0) is 23.3 Å². The zero-order valence-electron chi connectivity index (χ0n) is 22.7. The fourth-order valence-corrected chi connectivity index (χ4v) is 5.93. The Kier molecular flexibility index (Phi) is 12.4. The topological polar surface area (TPSA) is 148 Å². The smallest absolute Gasteiger partial charge is 0.330 e. The second-order valence-electron chi connectivity index (χ2n) is 9.39. The molecule has 12 nitrogen and oxygen atoms in total. The van der Waals surface area contributed by atoms with Crippen LogP contribution in [0.25, 0.3) is 0 Å². The van der Waals surface area contributed by atoms with Gasteiger partial charge in [-0.3, -0.25) is 19.1 Å². The van der Waals surface area contributed by atoms with Crippen LogP contribution >= 0.6 is 8.53 Å². The van der Waals surface area contributed by atoms with Gasteiger partial charge in [0.15, 0.2) is 6.23 Å². The predicted molar refractivity (Wildman–Crippen MR) is 139 cm³/mol. The van der Waals surface area contributed by atoms with E-state index in [1.54, 1.807) is 6.92 Å². The summed E-state index contributed by atoms with van der Waals surface area (Å²) in [5.41, 5.74) is -0.739. The molecule has 0 aromatic carbocycles. The zero-order chi connectivity index (χ0) is 27.7. The van der Waals surface area contributed by atoms with Crippen molar-refractivity contribution < 1.29 is 23.3 Å². The average Bonchev–Trinajstić information content (AvgIpc) is 3.15. The maximum atomic E-state index is 12.7. The normalized spacial score (nSPS) is 22.5. The van der Waals surface area contributed by atoms with E-state index in [-0.39, 0.29) is 44.2 Å². The van der Waals surface area contributed by atoms with Gasteiger partial charge in [-0.2, -0.15) is 5.26 Å². The highest BCUT2D eigenvalue weighted by molar-refractivity contribution is 7.44. The Morgan fingerprint density at radius 1 is 1.27 bits per heavy atom. The van der Waals surface area contributed by atoms with E-state index in [9.17, 15) is 14.4 Å². The Morgan fingerprint density at radius 2 is 1.95 bits per heavy atom. The fraction of sp³-hybridized carbons (Fsp3) is 0.750. The molecule has 208 valence electrons. The first-order valence-electron chi connectivity index (χ1n) is 12.6. The van der Waals surface area contributed by atoms with E-state index in [2.05, 4.69) is 21.0 Å². The number of ether oxygens (including phenoxy) is 2. The molecule has 2 N–H and O–H groups in total. The molecule has 1 amide bonds. The number of hydrogen-bond acceptors (Lipinski definition) is 9. The van der Waals surface area contributed by atoms with Crippen LogP contribution in [0, 0.1) is 18.3 Å². The quantitative estimate of drug-likeness (QED) is 0.267. The van der Waals surface area contributed by atoms with E-state index >= 15 is 0 Å². The number of carbonyl (C=O) groups is 1. The first-order chi connectivity index (χ1) is 17.5. The maximum Gasteiger partial charge on any atom is 0.330 e. The van der Waals surface area contributed by atoms with Crippen molar-refractivity contribution in [2.24, 2.45) is 0 Å². The summed E-state index contributed by atoms with van der Waals surface area (Å²) in [6.45, 7) is 13.8. The van der Waals surface area contributed by atoms with Gasteiger partial charge in [0.05, 0.1) is 31.8 Å². The molecule has 1 aromatic heterocycles. The molecule has 13 heteroatoms. The molecule has 1 aliphatic heterocycles. The molecule has 0 saturated carbocycles. The summed E-state index contributed by atoms with van der Waals surface area (Å²) in [4.78, 5) is 38.4. The number of hydrogen-bond donors (Lipinski definition) is 2. The van der Waals surface area contributed by atoms with Gasteiger partial charge in [0, 0.05) is 37.3 Å². The summed E-state index contributed by atoms with van der Waals surface area (Å²) >= 11 is 0. The van der Waals surface area contributed by atoms with Gasteiger partial charge in [0.1, 0.15) is 12.2 Å². The molecule has 2 heterocycles. The van der Waals surface area contributed by atoms with Gasteiger partial charge in [-0.15, -0.1) is 0 Å². The Hall–Kier alpha value is -2.13. The molecule has 5 atom stereocenters. The number of aryl methyl sites for hydroxylation is 1. The highest BCUT2D eigenvalue weighted by Gasteiger charge is 2.49. The third-order valence-corrected chi connectivity index (χ3v) is 7.90. The van der Waals surface area contributed by atoms with Crippen LogP contribution in [0.15, 0.2) is 15.8 Å². The van der Waals surface area contributed by atoms with E-state index < -0.39 is 44.3 Å².